The Hall–Kier alpha value is -3.39. The van der Waals surface area contributed by atoms with Crippen LogP contribution in [-0.2, 0) is 6.54 Å². The van der Waals surface area contributed by atoms with E-state index in [4.69, 9.17) is 17.3 Å². The van der Waals surface area contributed by atoms with Gasteiger partial charge in [0.15, 0.2) is 5.82 Å². The second-order valence-electron chi connectivity index (χ2n) is 5.56. The van der Waals surface area contributed by atoms with E-state index in [1.807, 2.05) is 0 Å². The van der Waals surface area contributed by atoms with Crippen LogP contribution in [0.4, 0.5) is 32.3 Å². The van der Waals surface area contributed by atoms with Crippen molar-refractivity contribution >= 4 is 40.8 Å². The number of benzene rings is 2. The molecule has 0 aliphatic rings. The van der Waals surface area contributed by atoms with Crippen LogP contribution >= 0.6 is 11.6 Å². The summed E-state index contributed by atoms with van der Waals surface area (Å²) < 4.78 is 12.9. The third kappa shape index (κ3) is 5.29. The number of nitrogens with two attached hydrogens (primary N) is 1. The summed E-state index contributed by atoms with van der Waals surface area (Å²) in [5, 5.41) is 8.69. The summed E-state index contributed by atoms with van der Waals surface area (Å²) in [7, 11) is 0. The molecule has 5 N–H and O–H groups in total. The number of nitrogen functional groups attached to an aromatic ring is 1. The lowest BCUT2D eigenvalue weighted by molar-refractivity contribution is 0.262. The molecule has 3 aromatic rings. The highest BCUT2D eigenvalue weighted by atomic mass is 35.5. The Bertz CT molecular complexity index is 951. The Morgan fingerprint density at radius 2 is 1.93 bits per heavy atom. The molecule has 0 radical (unpaired) electrons. The molecular formula is C18H16ClFN6O. The van der Waals surface area contributed by atoms with Crippen LogP contribution in [0.25, 0.3) is 0 Å². The van der Waals surface area contributed by atoms with Crippen LogP contribution < -0.4 is 21.7 Å². The molecule has 2 amide bonds. The maximum absolute atomic E-state index is 12.9. The molecule has 0 saturated carbocycles. The molecule has 0 fully saturated rings. The second-order valence-corrected chi connectivity index (χ2v) is 6.00. The second kappa shape index (κ2) is 8.33. The Morgan fingerprint density at radius 3 is 2.63 bits per heavy atom. The van der Waals surface area contributed by atoms with Gasteiger partial charge in [-0.15, -0.1) is 0 Å². The summed E-state index contributed by atoms with van der Waals surface area (Å²) in [6.45, 7) is 0.405. The molecule has 138 valence electrons. The van der Waals surface area contributed by atoms with Crippen molar-refractivity contribution in [3.8, 4) is 0 Å². The summed E-state index contributed by atoms with van der Waals surface area (Å²) in [4.78, 5) is 20.3. The molecule has 9 heteroatoms. The van der Waals surface area contributed by atoms with Gasteiger partial charge in [0.05, 0.1) is 6.20 Å². The summed E-state index contributed by atoms with van der Waals surface area (Å²) in [6, 6.07) is 12.3. The number of rotatable bonds is 5. The highest BCUT2D eigenvalue weighted by Gasteiger charge is 2.09. The average molecular weight is 387 g/mol. The van der Waals surface area contributed by atoms with Crippen LogP contribution in [-0.4, -0.2) is 16.0 Å². The Balaban J connectivity index is 1.59. The van der Waals surface area contributed by atoms with Gasteiger partial charge in [0, 0.05) is 17.3 Å². The van der Waals surface area contributed by atoms with Crippen LogP contribution in [0.3, 0.4) is 0 Å². The summed E-state index contributed by atoms with van der Waals surface area (Å²) in [5.74, 6) is 0.0937. The predicted molar refractivity (Wildman–Crippen MR) is 104 cm³/mol. The molecule has 0 aliphatic carbocycles. The Morgan fingerprint density at radius 1 is 1.15 bits per heavy atom. The van der Waals surface area contributed by atoms with Gasteiger partial charge in [-0.05, 0) is 35.9 Å². The topological polar surface area (TPSA) is 105 Å². The highest BCUT2D eigenvalue weighted by molar-refractivity contribution is 6.30. The quantitative estimate of drug-likeness (QED) is 0.528. The molecule has 0 bridgehead atoms. The third-order valence-electron chi connectivity index (χ3n) is 3.51. The minimum Gasteiger partial charge on any atom is -0.382 e. The number of hydrogen-bond acceptors (Lipinski definition) is 5. The lowest BCUT2D eigenvalue weighted by Crippen LogP contribution is -2.20. The smallest absolute Gasteiger partial charge is 0.323 e. The van der Waals surface area contributed by atoms with E-state index in [-0.39, 0.29) is 23.3 Å². The fraction of sp³-hybridized carbons (Fsp3) is 0.0556. The summed E-state index contributed by atoms with van der Waals surface area (Å²) in [5.41, 5.74) is 7.54. The molecule has 0 spiro atoms. The number of carbonyl (C=O) groups excluding carboxylic acids is 1. The number of urea groups is 1. The minimum absolute atomic E-state index is 0.104. The Labute approximate surface area is 159 Å². The zero-order valence-corrected chi connectivity index (χ0v) is 14.8. The van der Waals surface area contributed by atoms with E-state index >= 15 is 0 Å². The molecule has 1 heterocycles. The number of carbonyl (C=O) groups is 1. The van der Waals surface area contributed by atoms with Crippen molar-refractivity contribution in [3.05, 3.63) is 71.1 Å². The maximum atomic E-state index is 12.9. The van der Waals surface area contributed by atoms with Crippen LogP contribution in [0.15, 0.2) is 54.7 Å². The first-order chi connectivity index (χ1) is 13.0. The number of amides is 2. The molecule has 27 heavy (non-hydrogen) atoms. The normalized spacial score (nSPS) is 10.3. The molecule has 2 aromatic carbocycles. The first-order valence-electron chi connectivity index (χ1n) is 7.94. The molecular weight excluding hydrogens is 371 g/mol. The minimum atomic E-state index is -0.500. The van der Waals surface area contributed by atoms with Crippen LogP contribution in [0.1, 0.15) is 5.56 Å². The van der Waals surface area contributed by atoms with Crippen molar-refractivity contribution < 1.29 is 9.18 Å². The third-order valence-corrected chi connectivity index (χ3v) is 3.75. The number of nitrogens with zero attached hydrogens (tertiary/aromatic N) is 2. The molecule has 3 rings (SSSR count). The fourth-order valence-electron chi connectivity index (χ4n) is 2.21. The molecule has 7 nitrogen and oxygen atoms in total. The largest absolute Gasteiger partial charge is 0.382 e. The molecule has 0 unspecified atom stereocenters. The molecule has 0 aliphatic heterocycles. The zero-order valence-electron chi connectivity index (χ0n) is 14.0. The van der Waals surface area contributed by atoms with E-state index < -0.39 is 6.03 Å². The number of aromatic nitrogens is 2. The van der Waals surface area contributed by atoms with Gasteiger partial charge in [0.25, 0.3) is 0 Å². The van der Waals surface area contributed by atoms with Crippen molar-refractivity contribution in [2.75, 3.05) is 21.7 Å². The van der Waals surface area contributed by atoms with Crippen molar-refractivity contribution in [1.29, 1.82) is 0 Å². The SMILES string of the molecule is Nc1nc(NCc2ccc(F)cc2)ncc1NC(=O)Nc1cccc(Cl)c1. The lowest BCUT2D eigenvalue weighted by Gasteiger charge is -2.11. The highest BCUT2D eigenvalue weighted by Crippen LogP contribution is 2.18. The van der Waals surface area contributed by atoms with Gasteiger partial charge in [-0.2, -0.15) is 4.98 Å². The predicted octanol–water partition coefficient (Wildman–Crippen LogP) is 4.11. The van der Waals surface area contributed by atoms with E-state index in [0.717, 1.165) is 5.56 Å². The lowest BCUT2D eigenvalue weighted by atomic mass is 10.2. The first-order valence-corrected chi connectivity index (χ1v) is 8.32. The summed E-state index contributed by atoms with van der Waals surface area (Å²) >= 11 is 5.88. The van der Waals surface area contributed by atoms with E-state index in [9.17, 15) is 9.18 Å². The van der Waals surface area contributed by atoms with Crippen LogP contribution in [0, 0.1) is 5.82 Å². The van der Waals surface area contributed by atoms with Crippen molar-refractivity contribution in [1.82, 2.24) is 9.97 Å². The van der Waals surface area contributed by atoms with Gasteiger partial charge in [0.1, 0.15) is 11.5 Å². The van der Waals surface area contributed by atoms with Crippen molar-refractivity contribution in [2.45, 2.75) is 6.54 Å². The van der Waals surface area contributed by atoms with Gasteiger partial charge < -0.3 is 21.7 Å². The van der Waals surface area contributed by atoms with Crippen LogP contribution in [0.2, 0.25) is 5.02 Å². The van der Waals surface area contributed by atoms with Gasteiger partial charge >= 0.3 is 6.03 Å². The zero-order chi connectivity index (χ0) is 19.2. The number of hydrogen-bond donors (Lipinski definition) is 4. The average Bonchev–Trinajstić information content (AvgIpc) is 2.63. The van der Waals surface area contributed by atoms with Crippen molar-refractivity contribution in [3.63, 3.8) is 0 Å². The van der Waals surface area contributed by atoms with Crippen molar-refractivity contribution in [2.24, 2.45) is 0 Å². The maximum Gasteiger partial charge on any atom is 0.323 e. The Kier molecular flexibility index (Phi) is 5.68. The molecule has 1 aromatic heterocycles. The van der Waals surface area contributed by atoms with Gasteiger partial charge in [-0.25, -0.2) is 14.2 Å². The van der Waals surface area contributed by atoms with E-state index in [2.05, 4.69) is 25.9 Å². The van der Waals surface area contributed by atoms with Crippen LogP contribution in [0.5, 0.6) is 0 Å². The summed E-state index contributed by atoms with van der Waals surface area (Å²) in [6.07, 6.45) is 1.40. The van der Waals surface area contributed by atoms with E-state index in [0.29, 0.717) is 17.3 Å². The van der Waals surface area contributed by atoms with Gasteiger partial charge in [-0.1, -0.05) is 29.8 Å². The number of nitrogens with one attached hydrogen (secondary N) is 3. The van der Waals surface area contributed by atoms with Gasteiger partial charge in [0.2, 0.25) is 5.95 Å². The first kappa shape index (κ1) is 18.4. The number of anilines is 4. The fourth-order valence-corrected chi connectivity index (χ4v) is 2.40. The van der Waals surface area contributed by atoms with E-state index in [1.54, 1.807) is 36.4 Å². The molecule has 0 saturated heterocycles. The standard InChI is InChI=1S/C18H16ClFN6O/c19-12-2-1-3-14(8-12)24-18(27)25-15-10-23-17(26-16(15)21)22-9-11-4-6-13(20)7-5-11/h1-8,10H,9H2,(H2,24,25,27)(H3,21,22,23,26). The number of halogens is 2. The molecule has 0 atom stereocenters. The van der Waals surface area contributed by atoms with E-state index in [1.165, 1.54) is 18.3 Å². The van der Waals surface area contributed by atoms with Gasteiger partial charge in [-0.3, -0.25) is 0 Å². The monoisotopic (exact) mass is 386 g/mol.